The zero-order chi connectivity index (χ0) is 28.9. The molecule has 5 rings (SSSR count). The van der Waals surface area contributed by atoms with Crippen molar-refractivity contribution in [2.24, 2.45) is 5.41 Å². The molecule has 3 aromatic rings. The van der Waals surface area contributed by atoms with Crippen LogP contribution >= 0.6 is 0 Å². The van der Waals surface area contributed by atoms with Crippen molar-refractivity contribution in [3.8, 4) is 0 Å². The first-order valence-corrected chi connectivity index (χ1v) is 12.7. The van der Waals surface area contributed by atoms with E-state index in [9.17, 15) is 31.5 Å². The van der Waals surface area contributed by atoms with Crippen molar-refractivity contribution < 1.29 is 36.2 Å². The smallest absolute Gasteiger partial charge is 0.342 e. The van der Waals surface area contributed by atoms with Crippen molar-refractivity contribution >= 4 is 17.6 Å². The molecular weight excluding hydrogens is 543 g/mol. The molecule has 2 aliphatic rings. The van der Waals surface area contributed by atoms with Gasteiger partial charge < -0.3 is 15.5 Å². The Kier molecular flexibility index (Phi) is 6.90. The molecule has 0 radical (unpaired) electrons. The Balaban J connectivity index is 1.39. The van der Waals surface area contributed by atoms with Crippen molar-refractivity contribution in [3.05, 3.63) is 41.1 Å². The molecule has 4 heterocycles. The molecule has 1 atom stereocenters. The molecule has 216 valence electrons. The number of fused-ring (bicyclic) bond motifs is 1. The summed E-state index contributed by atoms with van der Waals surface area (Å²) >= 11 is 0. The number of nitrogens with one attached hydrogen (secondary N) is 2. The Hall–Kier alpha value is -3.85. The summed E-state index contributed by atoms with van der Waals surface area (Å²) < 4.78 is 74.4. The molecule has 0 spiro atoms. The predicted octanol–water partition coefficient (Wildman–Crippen LogP) is 3.99. The van der Waals surface area contributed by atoms with Gasteiger partial charge in [-0.15, -0.1) is 0 Å². The lowest BCUT2D eigenvalue weighted by Gasteiger charge is -2.32. The number of imidazole rings is 1. The summed E-state index contributed by atoms with van der Waals surface area (Å²) in [5.41, 5.74) is -0.745. The highest BCUT2D eigenvalue weighted by atomic mass is 19.4. The van der Waals surface area contributed by atoms with Gasteiger partial charge in [-0.05, 0) is 42.5 Å². The van der Waals surface area contributed by atoms with Crippen LogP contribution in [-0.2, 0) is 6.54 Å². The fourth-order valence-corrected chi connectivity index (χ4v) is 4.41. The average Bonchev–Trinajstić information content (AvgIpc) is 3.43. The van der Waals surface area contributed by atoms with Crippen molar-refractivity contribution in [2.75, 3.05) is 13.1 Å². The molecule has 3 amide bonds. The molecule has 40 heavy (non-hydrogen) atoms. The fourth-order valence-electron chi connectivity index (χ4n) is 4.41. The van der Waals surface area contributed by atoms with Gasteiger partial charge in [-0.3, -0.25) is 4.79 Å². The number of rotatable bonds is 9. The van der Waals surface area contributed by atoms with E-state index in [-0.39, 0.29) is 42.3 Å². The molecule has 2 N–H and O–H groups in total. The first kappa shape index (κ1) is 27.7. The van der Waals surface area contributed by atoms with Crippen LogP contribution in [0.4, 0.5) is 26.7 Å². The Morgan fingerprint density at radius 1 is 1.27 bits per heavy atom. The van der Waals surface area contributed by atoms with E-state index in [0.29, 0.717) is 11.3 Å². The zero-order valence-corrected chi connectivity index (χ0v) is 21.6. The van der Waals surface area contributed by atoms with Crippen LogP contribution in [0.3, 0.4) is 0 Å². The molecule has 0 unspecified atom stereocenters. The molecule has 1 aliphatic carbocycles. The first-order chi connectivity index (χ1) is 18.7. The lowest BCUT2D eigenvalue weighted by Crippen LogP contribution is -2.56. The van der Waals surface area contributed by atoms with E-state index in [4.69, 9.17) is 4.63 Å². The van der Waals surface area contributed by atoms with E-state index in [0.717, 1.165) is 31.6 Å². The second-order valence-electron chi connectivity index (χ2n) is 10.9. The van der Waals surface area contributed by atoms with Crippen LogP contribution in [0.2, 0.25) is 0 Å². The number of hydrogen-bond donors (Lipinski definition) is 2. The van der Waals surface area contributed by atoms with E-state index in [1.165, 1.54) is 23.0 Å². The molecule has 3 aromatic heterocycles. The van der Waals surface area contributed by atoms with Gasteiger partial charge >= 0.3 is 12.2 Å². The third-order valence-electron chi connectivity index (χ3n) is 7.16. The number of hydrogen-bond acceptors (Lipinski definition) is 7. The predicted molar refractivity (Wildman–Crippen MR) is 127 cm³/mol. The Labute approximate surface area is 224 Å². The second-order valence-corrected chi connectivity index (χ2v) is 10.9. The largest absolute Gasteiger partial charge is 0.393 e. The quantitative estimate of drug-likeness (QED) is 0.372. The summed E-state index contributed by atoms with van der Waals surface area (Å²) in [7, 11) is 0. The number of aromatic nitrogens is 5. The van der Waals surface area contributed by atoms with Gasteiger partial charge in [0.2, 0.25) is 0 Å². The molecule has 1 saturated carbocycles. The Bertz CT molecular complexity index is 1410. The topological polar surface area (TPSA) is 131 Å². The number of urea groups is 1. The number of halogens is 5. The van der Waals surface area contributed by atoms with Gasteiger partial charge in [-0.25, -0.2) is 27.7 Å². The number of carbonyl (C=O) groups is 2. The van der Waals surface area contributed by atoms with Gasteiger partial charge in [-0.1, -0.05) is 19.0 Å². The van der Waals surface area contributed by atoms with Gasteiger partial charge in [0.1, 0.15) is 5.69 Å². The normalized spacial score (nSPS) is 18.6. The summed E-state index contributed by atoms with van der Waals surface area (Å²) in [6.07, 6.45) is -0.397. The van der Waals surface area contributed by atoms with E-state index >= 15 is 0 Å². The number of nitrogens with zero attached hydrogens (tertiary/aromatic N) is 6. The van der Waals surface area contributed by atoms with Crippen molar-refractivity contribution in [1.29, 1.82) is 0 Å². The standard InChI is InChI=1S/C24H27F5N8O3/c1-22(2,24(27,28)29)6-5-15(33-20(38)19-18(14-3-4-14)34-40-35-19)16-10-37-17(32-16)7-13(8-31-37)9-36-12-23(25,26)11-30-21(36)39/h7-8,10,14-15H,3-6,9,11-12H2,1-2H3,(H,30,39)(H,33,38)/t15-/m0/s1. The Morgan fingerprint density at radius 2 is 2.02 bits per heavy atom. The van der Waals surface area contributed by atoms with Crippen molar-refractivity contribution in [3.63, 3.8) is 0 Å². The highest BCUT2D eigenvalue weighted by molar-refractivity contribution is 5.93. The molecule has 0 aromatic carbocycles. The van der Waals surface area contributed by atoms with E-state index in [2.05, 4.69) is 31.0 Å². The minimum Gasteiger partial charge on any atom is -0.342 e. The van der Waals surface area contributed by atoms with Gasteiger partial charge in [0.15, 0.2) is 11.3 Å². The lowest BCUT2D eigenvalue weighted by molar-refractivity contribution is -0.214. The average molecular weight is 571 g/mol. The van der Waals surface area contributed by atoms with Crippen LogP contribution in [0.1, 0.15) is 78.9 Å². The molecule has 1 saturated heterocycles. The lowest BCUT2D eigenvalue weighted by atomic mass is 9.85. The highest BCUT2D eigenvalue weighted by Crippen LogP contribution is 2.43. The third kappa shape index (κ3) is 5.84. The van der Waals surface area contributed by atoms with E-state index < -0.39 is 48.6 Å². The summed E-state index contributed by atoms with van der Waals surface area (Å²) in [6, 6.07) is -0.0608. The molecule has 16 heteroatoms. The molecule has 2 fully saturated rings. The SMILES string of the molecule is CC(C)(CC[C@H](NC(=O)c1nonc1C1CC1)c1cn2ncc(CN3CC(F)(F)CNC3=O)cc2n1)C(F)(F)F. The maximum Gasteiger partial charge on any atom is 0.393 e. The maximum absolute atomic E-state index is 13.8. The number of carbonyl (C=O) groups excluding carboxylic acids is 2. The van der Waals surface area contributed by atoms with Crippen LogP contribution < -0.4 is 10.6 Å². The summed E-state index contributed by atoms with van der Waals surface area (Å²) in [4.78, 5) is 30.5. The van der Waals surface area contributed by atoms with Crippen molar-refractivity contribution in [1.82, 2.24) is 40.4 Å². The summed E-state index contributed by atoms with van der Waals surface area (Å²) in [5.74, 6) is -3.68. The third-order valence-corrected chi connectivity index (χ3v) is 7.16. The highest BCUT2D eigenvalue weighted by Gasteiger charge is 2.47. The minimum absolute atomic E-state index is 0.0247. The van der Waals surface area contributed by atoms with E-state index in [1.807, 2.05) is 0 Å². The van der Waals surface area contributed by atoms with Gasteiger partial charge in [0.05, 0.1) is 42.6 Å². The van der Waals surface area contributed by atoms with Gasteiger partial charge in [-0.2, -0.15) is 18.3 Å². The summed E-state index contributed by atoms with van der Waals surface area (Å²) in [5, 5.41) is 16.6. The van der Waals surface area contributed by atoms with Crippen LogP contribution in [0, 0.1) is 5.41 Å². The molecular formula is C24H27F5N8O3. The first-order valence-electron chi connectivity index (χ1n) is 12.7. The van der Waals surface area contributed by atoms with Crippen LogP contribution in [0.25, 0.3) is 5.65 Å². The van der Waals surface area contributed by atoms with Crippen LogP contribution in [0.15, 0.2) is 23.1 Å². The summed E-state index contributed by atoms with van der Waals surface area (Å²) in [6.45, 7) is 0.504. The monoisotopic (exact) mass is 570 g/mol. The number of amides is 3. The van der Waals surface area contributed by atoms with Crippen LogP contribution in [-0.4, -0.2) is 66.9 Å². The number of alkyl halides is 5. The van der Waals surface area contributed by atoms with E-state index in [1.54, 1.807) is 0 Å². The molecule has 0 bridgehead atoms. The van der Waals surface area contributed by atoms with Crippen LogP contribution in [0.5, 0.6) is 0 Å². The second kappa shape index (κ2) is 9.96. The fraction of sp³-hybridized carbons (Fsp3) is 0.583. The minimum atomic E-state index is -4.47. The van der Waals surface area contributed by atoms with Crippen molar-refractivity contribution in [2.45, 2.75) is 70.1 Å². The van der Waals surface area contributed by atoms with Gasteiger partial charge in [0, 0.05) is 12.5 Å². The zero-order valence-electron chi connectivity index (χ0n) is 21.6. The molecule has 11 nitrogen and oxygen atoms in total. The molecule has 1 aliphatic heterocycles. The van der Waals surface area contributed by atoms with Gasteiger partial charge in [0.25, 0.3) is 11.8 Å². The maximum atomic E-state index is 13.8. The Morgan fingerprint density at radius 3 is 2.73 bits per heavy atom.